The summed E-state index contributed by atoms with van der Waals surface area (Å²) in [6, 6.07) is 11.7. The van der Waals surface area contributed by atoms with Crippen molar-refractivity contribution in [3.05, 3.63) is 59.5 Å². The Kier molecular flexibility index (Phi) is 7.15. The van der Waals surface area contributed by atoms with Gasteiger partial charge in [0.05, 0.1) is 18.2 Å². The second-order valence-electron chi connectivity index (χ2n) is 5.57. The first kappa shape index (κ1) is 18.3. The van der Waals surface area contributed by atoms with Gasteiger partial charge in [-0.2, -0.15) is 0 Å². The molecule has 0 bridgehead atoms. The van der Waals surface area contributed by atoms with Gasteiger partial charge in [-0.05, 0) is 24.0 Å². The van der Waals surface area contributed by atoms with Crippen LogP contribution in [0.4, 0.5) is 0 Å². The Hall–Kier alpha value is -1.78. The number of nitrogens with two attached hydrogens (primary N) is 1. The van der Waals surface area contributed by atoms with Crippen molar-refractivity contribution in [2.24, 2.45) is 11.7 Å². The molecule has 1 amide bonds. The normalized spacial score (nSPS) is 11.8. The Labute approximate surface area is 137 Å². The van der Waals surface area contributed by atoms with Crippen molar-refractivity contribution in [2.45, 2.75) is 32.9 Å². The molecule has 5 heteroatoms. The van der Waals surface area contributed by atoms with E-state index in [1.807, 2.05) is 30.3 Å². The van der Waals surface area contributed by atoms with Crippen LogP contribution in [0.2, 0.25) is 0 Å². The molecular formula is C17H23ClN2O2. The zero-order valence-electron chi connectivity index (χ0n) is 12.9. The molecule has 1 heterocycles. The van der Waals surface area contributed by atoms with Crippen LogP contribution >= 0.6 is 12.4 Å². The fourth-order valence-electron chi connectivity index (χ4n) is 2.28. The largest absolute Gasteiger partial charge is 0.467 e. The predicted molar refractivity (Wildman–Crippen MR) is 90.0 cm³/mol. The number of nitrogens with one attached hydrogen (secondary N) is 1. The number of halogens is 1. The minimum absolute atomic E-state index is 0. The average Bonchev–Trinajstić information content (AvgIpc) is 2.96. The molecule has 0 spiro atoms. The summed E-state index contributed by atoms with van der Waals surface area (Å²) in [5.74, 6) is 0.965. The van der Waals surface area contributed by atoms with Crippen LogP contribution in [0, 0.1) is 5.92 Å². The number of carbonyl (C=O) groups is 1. The fraction of sp³-hybridized carbons (Fsp3) is 0.353. The molecule has 0 fully saturated rings. The summed E-state index contributed by atoms with van der Waals surface area (Å²) in [7, 11) is 0. The van der Waals surface area contributed by atoms with E-state index in [0.717, 1.165) is 12.0 Å². The molecule has 1 atom stereocenters. The molecule has 1 aromatic carbocycles. The van der Waals surface area contributed by atoms with Crippen molar-refractivity contribution in [1.29, 1.82) is 0 Å². The van der Waals surface area contributed by atoms with E-state index in [1.54, 1.807) is 6.07 Å². The van der Waals surface area contributed by atoms with Crippen molar-refractivity contribution in [2.75, 3.05) is 0 Å². The summed E-state index contributed by atoms with van der Waals surface area (Å²) in [6.07, 6.45) is 2.34. The smallest absolute Gasteiger partial charge is 0.255 e. The Morgan fingerprint density at radius 2 is 1.95 bits per heavy atom. The predicted octanol–water partition coefficient (Wildman–Crippen LogP) is 3.68. The second kappa shape index (κ2) is 8.61. The van der Waals surface area contributed by atoms with E-state index in [0.29, 0.717) is 23.8 Å². The van der Waals surface area contributed by atoms with Crippen LogP contribution in [0.25, 0.3) is 0 Å². The van der Waals surface area contributed by atoms with Crippen LogP contribution in [-0.4, -0.2) is 5.91 Å². The van der Waals surface area contributed by atoms with Gasteiger partial charge in [0.2, 0.25) is 0 Å². The van der Waals surface area contributed by atoms with Gasteiger partial charge < -0.3 is 15.5 Å². The maximum atomic E-state index is 12.3. The first-order valence-corrected chi connectivity index (χ1v) is 7.23. The van der Waals surface area contributed by atoms with Gasteiger partial charge in [0, 0.05) is 0 Å². The molecule has 0 aliphatic carbocycles. The Balaban J connectivity index is 0.00000242. The molecule has 2 rings (SSSR count). The lowest BCUT2D eigenvalue weighted by Crippen LogP contribution is -2.29. The SMILES string of the molecule is CC(C)CC(NC(=O)c1coc(CN)c1)c1ccccc1.Cl. The zero-order chi connectivity index (χ0) is 15.2. The molecule has 3 N–H and O–H groups in total. The van der Waals surface area contributed by atoms with Gasteiger partial charge in [0.1, 0.15) is 12.0 Å². The first-order valence-electron chi connectivity index (χ1n) is 7.23. The first-order chi connectivity index (χ1) is 10.1. The molecule has 1 unspecified atom stereocenters. The van der Waals surface area contributed by atoms with E-state index >= 15 is 0 Å². The third-order valence-electron chi connectivity index (χ3n) is 3.33. The fourth-order valence-corrected chi connectivity index (χ4v) is 2.28. The molecule has 4 nitrogen and oxygen atoms in total. The number of carbonyl (C=O) groups excluding carboxylic acids is 1. The van der Waals surface area contributed by atoms with Crippen molar-refractivity contribution in [3.8, 4) is 0 Å². The van der Waals surface area contributed by atoms with E-state index in [2.05, 4.69) is 19.2 Å². The van der Waals surface area contributed by atoms with E-state index in [1.165, 1.54) is 6.26 Å². The van der Waals surface area contributed by atoms with Gasteiger partial charge in [-0.25, -0.2) is 0 Å². The third kappa shape index (κ3) is 4.90. The minimum Gasteiger partial charge on any atom is -0.467 e. The molecule has 2 aromatic rings. The van der Waals surface area contributed by atoms with Gasteiger partial charge in [-0.3, -0.25) is 4.79 Å². The van der Waals surface area contributed by atoms with Crippen molar-refractivity contribution < 1.29 is 9.21 Å². The summed E-state index contributed by atoms with van der Waals surface area (Å²) in [6.45, 7) is 4.58. The van der Waals surface area contributed by atoms with E-state index < -0.39 is 0 Å². The molecule has 0 saturated heterocycles. The number of hydrogen-bond acceptors (Lipinski definition) is 3. The van der Waals surface area contributed by atoms with Crippen LogP contribution in [-0.2, 0) is 6.54 Å². The van der Waals surface area contributed by atoms with Crippen LogP contribution in [0.15, 0.2) is 47.1 Å². The monoisotopic (exact) mass is 322 g/mol. The Bertz CT molecular complexity index is 581. The average molecular weight is 323 g/mol. The molecular weight excluding hydrogens is 300 g/mol. The highest BCUT2D eigenvalue weighted by atomic mass is 35.5. The minimum atomic E-state index is -0.132. The Morgan fingerprint density at radius 1 is 1.27 bits per heavy atom. The second-order valence-corrected chi connectivity index (χ2v) is 5.57. The standard InChI is InChI=1S/C17H22N2O2.ClH/c1-12(2)8-16(13-6-4-3-5-7-13)19-17(20)14-9-15(10-18)21-11-14;/h3-7,9,11-12,16H,8,10,18H2,1-2H3,(H,19,20);1H. The van der Waals surface area contributed by atoms with Gasteiger partial charge in [-0.1, -0.05) is 44.2 Å². The summed E-state index contributed by atoms with van der Waals surface area (Å²) >= 11 is 0. The number of benzene rings is 1. The van der Waals surface area contributed by atoms with Crippen LogP contribution < -0.4 is 11.1 Å². The lowest BCUT2D eigenvalue weighted by Gasteiger charge is -2.20. The van der Waals surface area contributed by atoms with Crippen LogP contribution in [0.3, 0.4) is 0 Å². The lowest BCUT2D eigenvalue weighted by molar-refractivity contribution is 0.0931. The summed E-state index contributed by atoms with van der Waals surface area (Å²) in [5.41, 5.74) is 7.12. The highest BCUT2D eigenvalue weighted by Crippen LogP contribution is 2.22. The third-order valence-corrected chi connectivity index (χ3v) is 3.33. The van der Waals surface area contributed by atoms with Gasteiger partial charge in [0.25, 0.3) is 5.91 Å². The van der Waals surface area contributed by atoms with Gasteiger partial charge in [0.15, 0.2) is 0 Å². The van der Waals surface area contributed by atoms with E-state index in [4.69, 9.17) is 10.2 Å². The van der Waals surface area contributed by atoms with Crippen molar-refractivity contribution in [1.82, 2.24) is 5.32 Å². The van der Waals surface area contributed by atoms with E-state index in [9.17, 15) is 4.79 Å². The number of furan rings is 1. The van der Waals surface area contributed by atoms with E-state index in [-0.39, 0.29) is 24.4 Å². The van der Waals surface area contributed by atoms with Gasteiger partial charge in [-0.15, -0.1) is 12.4 Å². The molecule has 0 radical (unpaired) electrons. The van der Waals surface area contributed by atoms with Crippen LogP contribution in [0.5, 0.6) is 0 Å². The molecule has 22 heavy (non-hydrogen) atoms. The molecule has 0 aliphatic heterocycles. The quantitative estimate of drug-likeness (QED) is 0.852. The van der Waals surface area contributed by atoms with Crippen molar-refractivity contribution in [3.63, 3.8) is 0 Å². The maximum absolute atomic E-state index is 12.3. The Morgan fingerprint density at radius 3 is 2.50 bits per heavy atom. The molecule has 0 aliphatic rings. The summed E-state index contributed by atoms with van der Waals surface area (Å²) in [5, 5.41) is 3.08. The number of rotatable bonds is 6. The molecule has 0 saturated carbocycles. The van der Waals surface area contributed by atoms with Crippen LogP contribution in [0.1, 0.15) is 48.0 Å². The van der Waals surface area contributed by atoms with Crippen molar-refractivity contribution >= 4 is 18.3 Å². The number of hydrogen-bond donors (Lipinski definition) is 2. The topological polar surface area (TPSA) is 68.3 Å². The highest BCUT2D eigenvalue weighted by molar-refractivity contribution is 5.94. The van der Waals surface area contributed by atoms with Gasteiger partial charge >= 0.3 is 0 Å². The molecule has 120 valence electrons. The molecule has 1 aromatic heterocycles. The zero-order valence-corrected chi connectivity index (χ0v) is 13.7. The number of amides is 1. The lowest BCUT2D eigenvalue weighted by atomic mass is 9.97. The highest BCUT2D eigenvalue weighted by Gasteiger charge is 2.18. The summed E-state index contributed by atoms with van der Waals surface area (Å²) < 4.78 is 5.22. The maximum Gasteiger partial charge on any atom is 0.255 e. The summed E-state index contributed by atoms with van der Waals surface area (Å²) in [4.78, 5) is 12.3.